The summed E-state index contributed by atoms with van der Waals surface area (Å²) in [6, 6.07) is 17.0. The molecule has 0 radical (unpaired) electrons. The highest BCUT2D eigenvalue weighted by Crippen LogP contribution is 2.30. The minimum absolute atomic E-state index is 0.278. The van der Waals surface area contributed by atoms with Crippen LogP contribution in [0, 0.1) is 12.7 Å². The van der Waals surface area contributed by atoms with Crippen molar-refractivity contribution in [1.82, 2.24) is 0 Å². The molecule has 0 aliphatic rings. The third kappa shape index (κ3) is 2.59. The first-order valence-electron chi connectivity index (χ1n) is 6.76. The van der Waals surface area contributed by atoms with Crippen molar-refractivity contribution >= 4 is 26.7 Å². The van der Waals surface area contributed by atoms with Crippen molar-refractivity contribution in [2.24, 2.45) is 5.73 Å². The van der Waals surface area contributed by atoms with Gasteiger partial charge >= 0.3 is 0 Å². The van der Waals surface area contributed by atoms with Crippen LogP contribution < -0.4 is 5.73 Å². The standard InChI is InChI=1S/C18H15BrFN/c1-11-6-8-15(14-5-3-2-4-13(11)14)18(21)12-7-9-17(20)16(19)10-12/h2-10,18H,21H2,1H3. The number of halogens is 2. The van der Waals surface area contributed by atoms with Gasteiger partial charge in [-0.15, -0.1) is 0 Å². The fraction of sp³-hybridized carbons (Fsp3) is 0.111. The Bertz CT molecular complexity index is 813. The minimum Gasteiger partial charge on any atom is -0.320 e. The van der Waals surface area contributed by atoms with Crippen LogP contribution in [-0.4, -0.2) is 0 Å². The summed E-state index contributed by atoms with van der Waals surface area (Å²) in [5.74, 6) is -0.278. The molecule has 3 aromatic carbocycles. The van der Waals surface area contributed by atoms with Gasteiger partial charge < -0.3 is 5.73 Å². The molecular formula is C18H15BrFN. The predicted octanol–water partition coefficient (Wildman–Crippen LogP) is 5.10. The lowest BCUT2D eigenvalue weighted by Gasteiger charge is -2.17. The van der Waals surface area contributed by atoms with Gasteiger partial charge in [-0.2, -0.15) is 0 Å². The number of benzene rings is 3. The second-order valence-electron chi connectivity index (χ2n) is 5.17. The minimum atomic E-state index is -0.285. The molecule has 2 N–H and O–H groups in total. The van der Waals surface area contributed by atoms with Crippen LogP contribution >= 0.6 is 15.9 Å². The van der Waals surface area contributed by atoms with Crippen molar-refractivity contribution in [3.63, 3.8) is 0 Å². The molecule has 0 bridgehead atoms. The van der Waals surface area contributed by atoms with Crippen molar-refractivity contribution in [3.8, 4) is 0 Å². The zero-order chi connectivity index (χ0) is 15.0. The van der Waals surface area contributed by atoms with E-state index in [0.717, 1.165) is 16.5 Å². The molecule has 106 valence electrons. The van der Waals surface area contributed by atoms with Gasteiger partial charge in [0, 0.05) is 0 Å². The molecule has 3 heteroatoms. The van der Waals surface area contributed by atoms with E-state index in [1.165, 1.54) is 17.0 Å². The van der Waals surface area contributed by atoms with Crippen LogP contribution in [-0.2, 0) is 0 Å². The van der Waals surface area contributed by atoms with Crippen LogP contribution in [0.2, 0.25) is 0 Å². The Morgan fingerprint density at radius 2 is 1.71 bits per heavy atom. The van der Waals surface area contributed by atoms with Gasteiger partial charge in [0.1, 0.15) is 5.82 Å². The van der Waals surface area contributed by atoms with Gasteiger partial charge in [0.2, 0.25) is 0 Å². The van der Waals surface area contributed by atoms with Gasteiger partial charge in [-0.25, -0.2) is 4.39 Å². The summed E-state index contributed by atoms with van der Waals surface area (Å²) < 4.78 is 13.8. The van der Waals surface area contributed by atoms with Crippen molar-refractivity contribution in [1.29, 1.82) is 0 Å². The second kappa shape index (κ2) is 5.58. The van der Waals surface area contributed by atoms with Gasteiger partial charge in [-0.3, -0.25) is 0 Å². The summed E-state index contributed by atoms with van der Waals surface area (Å²) >= 11 is 3.22. The molecule has 0 heterocycles. The molecule has 0 aliphatic carbocycles. The summed E-state index contributed by atoms with van der Waals surface area (Å²) in [6.45, 7) is 2.09. The van der Waals surface area contributed by atoms with Crippen LogP contribution in [0.3, 0.4) is 0 Å². The summed E-state index contributed by atoms with van der Waals surface area (Å²) in [7, 11) is 0. The highest BCUT2D eigenvalue weighted by Gasteiger charge is 2.14. The highest BCUT2D eigenvalue weighted by atomic mass is 79.9. The second-order valence-corrected chi connectivity index (χ2v) is 6.02. The maximum absolute atomic E-state index is 13.4. The normalized spacial score (nSPS) is 12.6. The molecule has 1 atom stereocenters. The van der Waals surface area contributed by atoms with E-state index in [2.05, 4.69) is 47.1 Å². The third-order valence-corrected chi connectivity index (χ3v) is 4.42. The van der Waals surface area contributed by atoms with E-state index >= 15 is 0 Å². The van der Waals surface area contributed by atoms with Crippen LogP contribution in [0.25, 0.3) is 10.8 Å². The molecule has 0 amide bonds. The Labute approximate surface area is 131 Å². The van der Waals surface area contributed by atoms with Crippen molar-refractivity contribution in [3.05, 3.63) is 81.6 Å². The number of hydrogen-bond acceptors (Lipinski definition) is 1. The molecule has 1 nitrogen and oxygen atoms in total. The molecule has 3 aromatic rings. The molecule has 0 aliphatic heterocycles. The lowest BCUT2D eigenvalue weighted by molar-refractivity contribution is 0.619. The fourth-order valence-electron chi connectivity index (χ4n) is 2.63. The van der Waals surface area contributed by atoms with Crippen molar-refractivity contribution in [2.75, 3.05) is 0 Å². The molecule has 0 fully saturated rings. The highest BCUT2D eigenvalue weighted by molar-refractivity contribution is 9.10. The average Bonchev–Trinajstić information content (AvgIpc) is 2.50. The van der Waals surface area contributed by atoms with E-state index in [-0.39, 0.29) is 11.9 Å². The number of fused-ring (bicyclic) bond motifs is 1. The Morgan fingerprint density at radius 1 is 1.00 bits per heavy atom. The van der Waals surface area contributed by atoms with Gasteiger partial charge in [0.05, 0.1) is 10.5 Å². The van der Waals surface area contributed by atoms with Crippen molar-refractivity contribution < 1.29 is 4.39 Å². The molecule has 3 rings (SSSR count). The summed E-state index contributed by atoms with van der Waals surface area (Å²) in [6.07, 6.45) is 0. The topological polar surface area (TPSA) is 26.0 Å². The number of rotatable bonds is 2. The number of aryl methyl sites for hydroxylation is 1. The lowest BCUT2D eigenvalue weighted by Crippen LogP contribution is -2.12. The van der Waals surface area contributed by atoms with E-state index < -0.39 is 0 Å². The fourth-order valence-corrected chi connectivity index (χ4v) is 3.03. The molecule has 1 unspecified atom stereocenters. The van der Waals surface area contributed by atoms with Crippen LogP contribution in [0.1, 0.15) is 22.7 Å². The Balaban J connectivity index is 2.15. The molecule has 0 saturated heterocycles. The van der Waals surface area contributed by atoms with Crippen LogP contribution in [0.4, 0.5) is 4.39 Å². The zero-order valence-corrected chi connectivity index (χ0v) is 13.2. The monoisotopic (exact) mass is 343 g/mol. The smallest absolute Gasteiger partial charge is 0.137 e. The first kappa shape index (κ1) is 14.2. The maximum Gasteiger partial charge on any atom is 0.137 e. The Kier molecular flexibility index (Phi) is 3.79. The Hall–Kier alpha value is -1.71. The van der Waals surface area contributed by atoms with Crippen molar-refractivity contribution in [2.45, 2.75) is 13.0 Å². The summed E-state index contributed by atoms with van der Waals surface area (Å²) in [5, 5.41) is 2.34. The lowest BCUT2D eigenvalue weighted by atomic mass is 9.92. The predicted molar refractivity (Wildman–Crippen MR) is 88.8 cm³/mol. The molecule has 0 spiro atoms. The van der Waals surface area contributed by atoms with E-state index in [1.54, 1.807) is 12.1 Å². The zero-order valence-electron chi connectivity index (χ0n) is 11.6. The Morgan fingerprint density at radius 3 is 2.43 bits per heavy atom. The van der Waals surface area contributed by atoms with E-state index in [0.29, 0.717) is 4.47 Å². The average molecular weight is 344 g/mol. The third-order valence-electron chi connectivity index (χ3n) is 3.81. The van der Waals surface area contributed by atoms with Crippen LogP contribution in [0.15, 0.2) is 59.1 Å². The first-order chi connectivity index (χ1) is 10.1. The molecule has 0 aromatic heterocycles. The molecular weight excluding hydrogens is 329 g/mol. The summed E-state index contributed by atoms with van der Waals surface area (Å²) in [5.41, 5.74) is 9.57. The van der Waals surface area contributed by atoms with Gasteiger partial charge in [0.15, 0.2) is 0 Å². The van der Waals surface area contributed by atoms with E-state index in [4.69, 9.17) is 5.73 Å². The maximum atomic E-state index is 13.4. The van der Waals surface area contributed by atoms with E-state index in [9.17, 15) is 4.39 Å². The van der Waals surface area contributed by atoms with Crippen LogP contribution in [0.5, 0.6) is 0 Å². The largest absolute Gasteiger partial charge is 0.320 e. The quantitative estimate of drug-likeness (QED) is 0.688. The SMILES string of the molecule is Cc1ccc(C(N)c2ccc(F)c(Br)c2)c2ccccc12. The number of nitrogens with two attached hydrogens (primary N) is 1. The van der Waals surface area contributed by atoms with Gasteiger partial charge in [0.25, 0.3) is 0 Å². The summed E-state index contributed by atoms with van der Waals surface area (Å²) in [4.78, 5) is 0. The molecule has 21 heavy (non-hydrogen) atoms. The number of hydrogen-bond donors (Lipinski definition) is 1. The van der Waals surface area contributed by atoms with Gasteiger partial charge in [-0.05, 0) is 62.4 Å². The molecule has 0 saturated carbocycles. The van der Waals surface area contributed by atoms with E-state index in [1.807, 2.05) is 12.1 Å². The van der Waals surface area contributed by atoms with Gasteiger partial charge in [-0.1, -0.05) is 42.5 Å². The first-order valence-corrected chi connectivity index (χ1v) is 7.56.